The Kier molecular flexibility index (Phi) is 6.77. The van der Waals surface area contributed by atoms with Crippen LogP contribution in [0, 0.1) is 11.8 Å². The molecule has 5 rings (SSSR count). The van der Waals surface area contributed by atoms with Crippen LogP contribution in [0.15, 0.2) is 84.9 Å². The summed E-state index contributed by atoms with van der Waals surface area (Å²) in [6, 6.07) is 28.1. The van der Waals surface area contributed by atoms with Crippen LogP contribution in [0.1, 0.15) is 29.9 Å². The van der Waals surface area contributed by atoms with Gasteiger partial charge in [0.05, 0.1) is 16.1 Å². The quantitative estimate of drug-likeness (QED) is 0.301. The Bertz CT molecular complexity index is 1240. The van der Waals surface area contributed by atoms with Gasteiger partial charge in [0.15, 0.2) is 5.13 Å². The molecule has 2 amide bonds. The van der Waals surface area contributed by atoms with Crippen molar-refractivity contribution in [2.45, 2.75) is 18.8 Å². The Hall–Kier alpha value is -3.71. The number of benzene rings is 3. The summed E-state index contributed by atoms with van der Waals surface area (Å²) in [5.74, 6) is -1.04. The average Bonchev–Trinajstić information content (AvgIpc) is 3.54. The lowest BCUT2D eigenvalue weighted by atomic mass is 9.88. The largest absolute Gasteiger partial charge is 0.481 e. The summed E-state index contributed by atoms with van der Waals surface area (Å²) in [7, 11) is 0. The first kappa shape index (κ1) is 23.1. The predicted octanol–water partition coefficient (Wildman–Crippen LogP) is 6.07. The molecule has 3 aromatic carbocycles. The minimum absolute atomic E-state index is 0.0134. The Morgan fingerprint density at radius 1 is 0.971 bits per heavy atom. The van der Waals surface area contributed by atoms with Crippen LogP contribution in [0.5, 0.6) is 0 Å². The number of carbonyl (C=O) groups excluding carboxylic acids is 1. The van der Waals surface area contributed by atoms with Gasteiger partial charge in [-0.25, -0.2) is 9.78 Å². The van der Waals surface area contributed by atoms with E-state index in [-0.39, 0.29) is 23.8 Å². The molecule has 1 aliphatic rings. The van der Waals surface area contributed by atoms with E-state index in [4.69, 9.17) is 0 Å². The summed E-state index contributed by atoms with van der Waals surface area (Å²) in [5.41, 5.74) is 3.24. The summed E-state index contributed by atoms with van der Waals surface area (Å²) in [6.45, 7) is 0.929. The van der Waals surface area contributed by atoms with Crippen LogP contribution < -0.4 is 5.32 Å². The minimum atomic E-state index is -0.784. The average molecular weight is 486 g/mol. The maximum Gasteiger partial charge on any atom is 0.323 e. The predicted molar refractivity (Wildman–Crippen MR) is 139 cm³/mol. The molecule has 35 heavy (non-hydrogen) atoms. The molecule has 7 heteroatoms. The number of nitrogens with zero attached hydrogens (tertiary/aromatic N) is 2. The monoisotopic (exact) mass is 485 g/mol. The molecule has 0 spiro atoms. The molecule has 0 radical (unpaired) electrons. The number of hydrogen-bond acceptors (Lipinski definition) is 4. The SMILES string of the molecule is O=C(O)[C@@H]1C[C@H]1CN(CCC(c1ccccc1)c1ccccc1)C(=O)Nc1nc2ccccc2s1. The first-order valence-corrected chi connectivity index (χ1v) is 12.6. The molecular weight excluding hydrogens is 458 g/mol. The van der Waals surface area contributed by atoms with Gasteiger partial charge in [-0.1, -0.05) is 84.1 Å². The van der Waals surface area contributed by atoms with Crippen LogP contribution in [-0.4, -0.2) is 40.1 Å². The van der Waals surface area contributed by atoms with Crippen molar-refractivity contribution in [1.82, 2.24) is 9.88 Å². The number of aliphatic carboxylic acids is 1. The number of hydrogen-bond donors (Lipinski definition) is 2. The van der Waals surface area contributed by atoms with Gasteiger partial charge < -0.3 is 10.0 Å². The number of rotatable bonds is 9. The van der Waals surface area contributed by atoms with Gasteiger partial charge in [0.25, 0.3) is 0 Å². The van der Waals surface area contributed by atoms with Crippen molar-refractivity contribution in [3.8, 4) is 0 Å². The number of aromatic nitrogens is 1. The fourth-order valence-electron chi connectivity index (χ4n) is 4.59. The lowest BCUT2D eigenvalue weighted by Crippen LogP contribution is -2.38. The molecule has 0 saturated heterocycles. The lowest BCUT2D eigenvalue weighted by molar-refractivity contribution is -0.138. The highest BCUT2D eigenvalue weighted by Crippen LogP contribution is 2.39. The van der Waals surface area contributed by atoms with Crippen LogP contribution in [-0.2, 0) is 4.79 Å². The van der Waals surface area contributed by atoms with E-state index in [0.29, 0.717) is 24.6 Å². The number of para-hydroxylation sites is 1. The van der Waals surface area contributed by atoms with Gasteiger partial charge in [0.2, 0.25) is 0 Å². The minimum Gasteiger partial charge on any atom is -0.481 e. The molecule has 1 aliphatic carbocycles. The van der Waals surface area contributed by atoms with E-state index in [2.05, 4.69) is 34.6 Å². The zero-order chi connectivity index (χ0) is 24.2. The van der Waals surface area contributed by atoms with Crippen molar-refractivity contribution in [2.24, 2.45) is 11.8 Å². The Balaban J connectivity index is 1.34. The number of thiazole rings is 1. The Labute approximate surface area is 208 Å². The first-order valence-electron chi connectivity index (χ1n) is 11.8. The third-order valence-electron chi connectivity index (χ3n) is 6.58. The summed E-state index contributed by atoms with van der Waals surface area (Å²) in [5, 5.41) is 12.9. The summed E-state index contributed by atoms with van der Waals surface area (Å²) >= 11 is 1.44. The molecule has 2 atom stereocenters. The van der Waals surface area contributed by atoms with Gasteiger partial charge in [-0.05, 0) is 42.0 Å². The highest BCUT2D eigenvalue weighted by atomic mass is 32.1. The van der Waals surface area contributed by atoms with Gasteiger partial charge in [-0.2, -0.15) is 0 Å². The number of nitrogens with one attached hydrogen (secondary N) is 1. The zero-order valence-corrected chi connectivity index (χ0v) is 20.0. The van der Waals surface area contributed by atoms with Crippen molar-refractivity contribution in [3.05, 3.63) is 96.1 Å². The number of urea groups is 1. The van der Waals surface area contributed by atoms with Crippen molar-refractivity contribution in [1.29, 1.82) is 0 Å². The third kappa shape index (κ3) is 5.52. The van der Waals surface area contributed by atoms with E-state index in [1.54, 1.807) is 4.90 Å². The van der Waals surface area contributed by atoms with Crippen molar-refractivity contribution >= 4 is 38.7 Å². The molecular formula is C28H27N3O3S. The fraction of sp³-hybridized carbons (Fsp3) is 0.250. The molecule has 2 N–H and O–H groups in total. The van der Waals surface area contributed by atoms with Gasteiger partial charge >= 0.3 is 12.0 Å². The van der Waals surface area contributed by atoms with Crippen LogP contribution >= 0.6 is 11.3 Å². The van der Waals surface area contributed by atoms with Crippen LogP contribution in [0.25, 0.3) is 10.2 Å². The smallest absolute Gasteiger partial charge is 0.323 e. The van der Waals surface area contributed by atoms with E-state index in [1.807, 2.05) is 60.7 Å². The van der Waals surface area contributed by atoms with Gasteiger partial charge in [-0.15, -0.1) is 0 Å². The molecule has 0 aliphatic heterocycles. The maximum absolute atomic E-state index is 13.3. The standard InChI is InChI=1S/C28H27N3O3S/c32-26(33)23-17-21(23)18-31(28(34)30-27-29-24-13-7-8-14-25(24)35-27)16-15-22(19-9-3-1-4-10-19)20-11-5-2-6-12-20/h1-14,21-23H,15-18H2,(H,32,33)(H,29,30,34)/t21-,23+/m0/s1. The molecule has 1 saturated carbocycles. The number of anilines is 1. The number of carboxylic acid groups (broad SMARTS) is 1. The van der Waals surface area contributed by atoms with Gasteiger partial charge in [0, 0.05) is 19.0 Å². The Morgan fingerprint density at radius 3 is 2.20 bits per heavy atom. The van der Waals surface area contributed by atoms with Gasteiger partial charge in [-0.3, -0.25) is 10.1 Å². The van der Waals surface area contributed by atoms with Crippen molar-refractivity contribution in [2.75, 3.05) is 18.4 Å². The van der Waals surface area contributed by atoms with Crippen LogP contribution in [0.4, 0.5) is 9.93 Å². The molecule has 0 unspecified atom stereocenters. The van der Waals surface area contributed by atoms with E-state index >= 15 is 0 Å². The zero-order valence-electron chi connectivity index (χ0n) is 19.2. The molecule has 0 bridgehead atoms. The van der Waals surface area contributed by atoms with E-state index in [1.165, 1.54) is 22.5 Å². The molecule has 1 fully saturated rings. The molecule has 1 aromatic heterocycles. The number of carbonyl (C=O) groups is 2. The fourth-order valence-corrected chi connectivity index (χ4v) is 5.44. The normalized spacial score (nSPS) is 16.8. The second-order valence-electron chi connectivity index (χ2n) is 8.97. The van der Waals surface area contributed by atoms with E-state index < -0.39 is 5.97 Å². The first-order chi connectivity index (χ1) is 17.1. The van der Waals surface area contributed by atoms with Crippen molar-refractivity contribution in [3.63, 3.8) is 0 Å². The number of carboxylic acids is 1. The van der Waals surface area contributed by atoms with E-state index in [0.717, 1.165) is 16.6 Å². The maximum atomic E-state index is 13.3. The summed E-state index contributed by atoms with van der Waals surface area (Å²) in [4.78, 5) is 31.1. The van der Waals surface area contributed by atoms with Crippen molar-refractivity contribution < 1.29 is 14.7 Å². The van der Waals surface area contributed by atoms with Crippen LogP contribution in [0.3, 0.4) is 0 Å². The summed E-state index contributed by atoms with van der Waals surface area (Å²) < 4.78 is 1.01. The second kappa shape index (κ2) is 10.3. The molecule has 6 nitrogen and oxygen atoms in total. The highest BCUT2D eigenvalue weighted by Gasteiger charge is 2.44. The molecule has 4 aromatic rings. The van der Waals surface area contributed by atoms with Gasteiger partial charge in [0.1, 0.15) is 0 Å². The number of amides is 2. The Morgan fingerprint density at radius 2 is 1.60 bits per heavy atom. The van der Waals surface area contributed by atoms with E-state index in [9.17, 15) is 14.7 Å². The summed E-state index contributed by atoms with van der Waals surface area (Å²) in [6.07, 6.45) is 1.34. The lowest BCUT2D eigenvalue weighted by Gasteiger charge is -2.26. The van der Waals surface area contributed by atoms with Crippen LogP contribution in [0.2, 0.25) is 0 Å². The molecule has 178 valence electrons. The third-order valence-corrected chi connectivity index (χ3v) is 7.53. The second-order valence-corrected chi connectivity index (χ2v) is 10.00. The highest BCUT2D eigenvalue weighted by molar-refractivity contribution is 7.22. The number of fused-ring (bicyclic) bond motifs is 1. The molecule has 1 heterocycles. The topological polar surface area (TPSA) is 82.5 Å².